The van der Waals surface area contributed by atoms with E-state index in [0.717, 1.165) is 25.0 Å². The van der Waals surface area contributed by atoms with Gasteiger partial charge in [-0.3, -0.25) is 4.79 Å². The van der Waals surface area contributed by atoms with Crippen LogP contribution in [-0.4, -0.2) is 17.6 Å². The van der Waals surface area contributed by atoms with E-state index in [1.807, 2.05) is 0 Å². The number of hydrogen-bond acceptors (Lipinski definition) is 2. The standard InChI is InChI=1S/C13H17F2NO2/c14-11-5-6-12(15)10(8-11)9-16-7-3-1-2-4-13(17)18/h5-6,8,16H,1-4,7,9H2,(H,17,18). The molecule has 1 aromatic rings. The Morgan fingerprint density at radius 2 is 2.00 bits per heavy atom. The number of rotatable bonds is 8. The molecule has 0 atom stereocenters. The normalized spacial score (nSPS) is 10.6. The average molecular weight is 257 g/mol. The smallest absolute Gasteiger partial charge is 0.303 e. The summed E-state index contributed by atoms with van der Waals surface area (Å²) in [5.74, 6) is -1.66. The summed E-state index contributed by atoms with van der Waals surface area (Å²) >= 11 is 0. The second-order valence-electron chi connectivity index (χ2n) is 4.12. The quantitative estimate of drug-likeness (QED) is 0.704. The molecule has 0 amide bonds. The van der Waals surface area contributed by atoms with Crippen LogP contribution in [0.4, 0.5) is 8.78 Å². The molecule has 0 spiro atoms. The van der Waals surface area contributed by atoms with E-state index in [0.29, 0.717) is 18.5 Å². The van der Waals surface area contributed by atoms with Crippen molar-refractivity contribution in [3.63, 3.8) is 0 Å². The van der Waals surface area contributed by atoms with E-state index in [1.165, 1.54) is 6.07 Å². The Morgan fingerprint density at radius 1 is 1.22 bits per heavy atom. The van der Waals surface area contributed by atoms with E-state index in [9.17, 15) is 13.6 Å². The predicted molar refractivity (Wildman–Crippen MR) is 64.2 cm³/mol. The van der Waals surface area contributed by atoms with Gasteiger partial charge in [0.15, 0.2) is 0 Å². The second-order valence-corrected chi connectivity index (χ2v) is 4.12. The molecule has 0 radical (unpaired) electrons. The molecule has 0 unspecified atom stereocenters. The number of nitrogens with one attached hydrogen (secondary N) is 1. The van der Waals surface area contributed by atoms with Crippen LogP contribution >= 0.6 is 0 Å². The number of hydrogen-bond donors (Lipinski definition) is 2. The molecule has 0 aromatic heterocycles. The summed E-state index contributed by atoms with van der Waals surface area (Å²) in [6.45, 7) is 0.943. The molecule has 0 bridgehead atoms. The highest BCUT2D eigenvalue weighted by Crippen LogP contribution is 2.09. The van der Waals surface area contributed by atoms with Crippen molar-refractivity contribution in [1.29, 1.82) is 0 Å². The minimum absolute atomic E-state index is 0.179. The first-order valence-corrected chi connectivity index (χ1v) is 5.96. The lowest BCUT2D eigenvalue weighted by molar-refractivity contribution is -0.137. The van der Waals surface area contributed by atoms with E-state index in [1.54, 1.807) is 0 Å². The molecule has 0 aliphatic rings. The largest absolute Gasteiger partial charge is 0.481 e. The van der Waals surface area contributed by atoms with Crippen LogP contribution in [0.1, 0.15) is 31.2 Å². The molecule has 0 saturated heterocycles. The number of carbonyl (C=O) groups is 1. The lowest BCUT2D eigenvalue weighted by atomic mass is 10.2. The van der Waals surface area contributed by atoms with Gasteiger partial charge >= 0.3 is 5.97 Å². The summed E-state index contributed by atoms with van der Waals surface area (Å²) < 4.78 is 26.1. The molecule has 0 aliphatic carbocycles. The lowest BCUT2D eigenvalue weighted by Crippen LogP contribution is -2.15. The van der Waals surface area contributed by atoms with E-state index in [2.05, 4.69) is 5.32 Å². The van der Waals surface area contributed by atoms with Crippen molar-refractivity contribution >= 4 is 5.97 Å². The number of benzene rings is 1. The molecule has 18 heavy (non-hydrogen) atoms. The fraction of sp³-hybridized carbons (Fsp3) is 0.462. The van der Waals surface area contributed by atoms with Crippen LogP contribution in [0, 0.1) is 11.6 Å². The molecule has 0 fully saturated rings. The highest BCUT2D eigenvalue weighted by Gasteiger charge is 2.03. The zero-order valence-corrected chi connectivity index (χ0v) is 10.1. The number of unbranched alkanes of at least 4 members (excludes halogenated alkanes) is 2. The van der Waals surface area contributed by atoms with Gasteiger partial charge in [0.1, 0.15) is 11.6 Å². The average Bonchev–Trinajstić information content (AvgIpc) is 2.32. The van der Waals surface area contributed by atoms with Crippen molar-refractivity contribution < 1.29 is 18.7 Å². The van der Waals surface area contributed by atoms with Crippen LogP contribution in [0.2, 0.25) is 0 Å². The molecule has 100 valence electrons. The SMILES string of the molecule is O=C(O)CCCCCNCc1cc(F)ccc1F. The number of halogens is 2. The zero-order chi connectivity index (χ0) is 13.4. The van der Waals surface area contributed by atoms with Gasteiger partial charge in [0.25, 0.3) is 0 Å². The topological polar surface area (TPSA) is 49.3 Å². The van der Waals surface area contributed by atoms with Gasteiger partial charge in [-0.25, -0.2) is 8.78 Å². The zero-order valence-electron chi connectivity index (χ0n) is 10.1. The maximum atomic E-state index is 13.2. The summed E-state index contributed by atoms with van der Waals surface area (Å²) in [4.78, 5) is 10.2. The fourth-order valence-corrected chi connectivity index (χ4v) is 1.60. The first-order valence-electron chi connectivity index (χ1n) is 5.96. The van der Waals surface area contributed by atoms with Gasteiger partial charge in [-0.15, -0.1) is 0 Å². The molecular weight excluding hydrogens is 240 g/mol. The van der Waals surface area contributed by atoms with Gasteiger partial charge in [-0.1, -0.05) is 6.42 Å². The van der Waals surface area contributed by atoms with E-state index < -0.39 is 17.6 Å². The van der Waals surface area contributed by atoms with Crippen LogP contribution in [-0.2, 0) is 11.3 Å². The first-order chi connectivity index (χ1) is 8.59. The first kappa shape index (κ1) is 14.6. The van der Waals surface area contributed by atoms with Gasteiger partial charge in [0, 0.05) is 18.5 Å². The maximum Gasteiger partial charge on any atom is 0.303 e. The van der Waals surface area contributed by atoms with Crippen LogP contribution in [0.15, 0.2) is 18.2 Å². The molecular formula is C13H17F2NO2. The van der Waals surface area contributed by atoms with Crippen LogP contribution < -0.4 is 5.32 Å². The summed E-state index contributed by atoms with van der Waals surface area (Å²) in [6, 6.07) is 3.37. The Bertz CT molecular complexity index is 397. The van der Waals surface area contributed by atoms with Crippen molar-refractivity contribution in [2.75, 3.05) is 6.54 Å². The molecule has 3 nitrogen and oxygen atoms in total. The monoisotopic (exact) mass is 257 g/mol. The Balaban J connectivity index is 2.14. The summed E-state index contributed by atoms with van der Waals surface area (Å²) in [5, 5.41) is 11.4. The predicted octanol–water partition coefficient (Wildman–Crippen LogP) is 2.70. The van der Waals surface area contributed by atoms with Gasteiger partial charge in [0.05, 0.1) is 0 Å². The Kier molecular flexibility index (Phi) is 6.28. The van der Waals surface area contributed by atoms with Gasteiger partial charge in [-0.05, 0) is 37.6 Å². The molecule has 0 saturated carbocycles. The molecule has 2 N–H and O–H groups in total. The van der Waals surface area contributed by atoms with Crippen LogP contribution in [0.3, 0.4) is 0 Å². The number of carboxylic acid groups (broad SMARTS) is 1. The summed E-state index contributed by atoms with van der Waals surface area (Å²) in [6.07, 6.45) is 2.46. The van der Waals surface area contributed by atoms with Crippen molar-refractivity contribution in [2.24, 2.45) is 0 Å². The Morgan fingerprint density at radius 3 is 2.72 bits per heavy atom. The third-order valence-corrected chi connectivity index (χ3v) is 2.57. The van der Waals surface area contributed by atoms with Crippen molar-refractivity contribution in [2.45, 2.75) is 32.2 Å². The van der Waals surface area contributed by atoms with Gasteiger partial charge < -0.3 is 10.4 Å². The van der Waals surface area contributed by atoms with Crippen molar-refractivity contribution in [3.8, 4) is 0 Å². The maximum absolute atomic E-state index is 13.2. The van der Waals surface area contributed by atoms with E-state index in [-0.39, 0.29) is 13.0 Å². The molecule has 1 aromatic carbocycles. The van der Waals surface area contributed by atoms with Crippen LogP contribution in [0.5, 0.6) is 0 Å². The van der Waals surface area contributed by atoms with Crippen molar-refractivity contribution in [3.05, 3.63) is 35.4 Å². The third kappa shape index (κ3) is 5.72. The Labute approximate surface area is 105 Å². The highest BCUT2D eigenvalue weighted by molar-refractivity contribution is 5.66. The minimum Gasteiger partial charge on any atom is -0.481 e. The second kappa shape index (κ2) is 7.76. The third-order valence-electron chi connectivity index (χ3n) is 2.57. The lowest BCUT2D eigenvalue weighted by Gasteiger charge is -2.06. The molecule has 0 heterocycles. The van der Waals surface area contributed by atoms with Gasteiger partial charge in [-0.2, -0.15) is 0 Å². The number of aliphatic carboxylic acids is 1. The highest BCUT2D eigenvalue weighted by atomic mass is 19.1. The minimum atomic E-state index is -0.787. The molecule has 1 rings (SSSR count). The summed E-state index contributed by atoms with van der Waals surface area (Å²) in [7, 11) is 0. The Hall–Kier alpha value is -1.49. The van der Waals surface area contributed by atoms with E-state index >= 15 is 0 Å². The van der Waals surface area contributed by atoms with E-state index in [4.69, 9.17) is 5.11 Å². The van der Waals surface area contributed by atoms with Gasteiger partial charge in [0.2, 0.25) is 0 Å². The summed E-state index contributed by atoms with van der Waals surface area (Å²) in [5.41, 5.74) is 0.306. The number of carboxylic acids is 1. The molecule has 0 aliphatic heterocycles. The molecule has 5 heteroatoms. The fourth-order valence-electron chi connectivity index (χ4n) is 1.60. The van der Waals surface area contributed by atoms with Crippen LogP contribution in [0.25, 0.3) is 0 Å². The van der Waals surface area contributed by atoms with Crippen molar-refractivity contribution in [1.82, 2.24) is 5.32 Å².